The number of hydrogen-bond acceptors (Lipinski definition) is 4. The average molecular weight is 209 g/mol. The van der Waals surface area contributed by atoms with Crippen molar-refractivity contribution in [3.63, 3.8) is 0 Å². The number of carbonyl (C=O) groups is 1. The van der Waals surface area contributed by atoms with Crippen molar-refractivity contribution in [1.29, 1.82) is 0 Å². The molecule has 6 heteroatoms. The van der Waals surface area contributed by atoms with Gasteiger partial charge in [-0.2, -0.15) is 14.5 Å². The van der Waals surface area contributed by atoms with E-state index in [4.69, 9.17) is 4.74 Å². The Morgan fingerprint density at radius 2 is 2.40 bits per heavy atom. The van der Waals surface area contributed by atoms with Crippen molar-refractivity contribution >= 4 is 17.0 Å². The van der Waals surface area contributed by atoms with E-state index < -0.39 is 11.9 Å². The van der Waals surface area contributed by atoms with Gasteiger partial charge in [-0.3, -0.25) is 5.10 Å². The number of aromatic amines is 1. The van der Waals surface area contributed by atoms with Crippen LogP contribution in [0.2, 0.25) is 0 Å². The highest BCUT2D eigenvalue weighted by Crippen LogP contribution is 2.14. The van der Waals surface area contributed by atoms with Gasteiger partial charge in [-0.15, -0.1) is 0 Å². The maximum Gasteiger partial charge on any atom is 0.357 e. The van der Waals surface area contributed by atoms with Crippen molar-refractivity contribution in [2.75, 3.05) is 6.61 Å². The summed E-state index contributed by atoms with van der Waals surface area (Å²) < 4.78 is 17.5. The molecular weight excluding hydrogens is 201 g/mol. The van der Waals surface area contributed by atoms with Crippen LogP contribution in [0.15, 0.2) is 12.1 Å². The Balaban J connectivity index is 2.49. The van der Waals surface area contributed by atoms with Crippen LogP contribution in [0.3, 0.4) is 0 Å². The van der Waals surface area contributed by atoms with Gasteiger partial charge >= 0.3 is 5.97 Å². The van der Waals surface area contributed by atoms with Crippen molar-refractivity contribution in [2.24, 2.45) is 0 Å². The van der Waals surface area contributed by atoms with Crippen LogP contribution in [-0.4, -0.2) is 27.8 Å². The minimum absolute atomic E-state index is 0.165. The molecule has 15 heavy (non-hydrogen) atoms. The largest absolute Gasteiger partial charge is 0.461 e. The monoisotopic (exact) mass is 209 g/mol. The van der Waals surface area contributed by atoms with Gasteiger partial charge in [-0.25, -0.2) is 4.79 Å². The standard InChI is InChI=1S/C9H8FN3O2/c1-2-15-9(14)7-5-3-4-6(10)11-8(5)13-12-7/h3-4H,2H2,1H3,(H,11,12,13). The van der Waals surface area contributed by atoms with Crippen LogP contribution in [0.4, 0.5) is 4.39 Å². The molecule has 0 aliphatic heterocycles. The van der Waals surface area contributed by atoms with E-state index in [0.717, 1.165) is 0 Å². The van der Waals surface area contributed by atoms with Gasteiger partial charge in [0, 0.05) is 0 Å². The molecule has 0 amide bonds. The van der Waals surface area contributed by atoms with Crippen LogP contribution in [0.5, 0.6) is 0 Å². The molecule has 2 heterocycles. The summed E-state index contributed by atoms with van der Waals surface area (Å²) in [7, 11) is 0. The highest BCUT2D eigenvalue weighted by atomic mass is 19.1. The first kappa shape index (κ1) is 9.57. The Morgan fingerprint density at radius 1 is 1.60 bits per heavy atom. The van der Waals surface area contributed by atoms with Gasteiger partial charge in [0.2, 0.25) is 5.95 Å². The number of aromatic nitrogens is 3. The number of hydrogen-bond donors (Lipinski definition) is 1. The second kappa shape index (κ2) is 3.64. The van der Waals surface area contributed by atoms with Crippen LogP contribution in [0, 0.1) is 5.95 Å². The van der Waals surface area contributed by atoms with E-state index in [2.05, 4.69) is 15.2 Å². The number of nitrogens with one attached hydrogen (secondary N) is 1. The predicted octanol–water partition coefficient (Wildman–Crippen LogP) is 1.27. The summed E-state index contributed by atoms with van der Waals surface area (Å²) in [5, 5.41) is 6.63. The highest BCUT2D eigenvalue weighted by Gasteiger charge is 2.15. The second-order valence-corrected chi connectivity index (χ2v) is 2.82. The number of rotatable bonds is 2. The number of H-pyrrole nitrogens is 1. The number of ether oxygens (including phenoxy) is 1. The summed E-state index contributed by atoms with van der Waals surface area (Å²) in [4.78, 5) is 14.9. The first-order chi connectivity index (χ1) is 7.22. The van der Waals surface area contributed by atoms with Crippen LogP contribution in [0.1, 0.15) is 17.4 Å². The first-order valence-electron chi connectivity index (χ1n) is 4.40. The lowest BCUT2D eigenvalue weighted by Gasteiger charge is -1.97. The fourth-order valence-corrected chi connectivity index (χ4v) is 1.23. The number of pyridine rings is 1. The molecule has 1 N–H and O–H groups in total. The van der Waals surface area contributed by atoms with E-state index in [0.29, 0.717) is 5.39 Å². The van der Waals surface area contributed by atoms with E-state index in [1.165, 1.54) is 12.1 Å². The number of fused-ring (bicyclic) bond motifs is 1. The summed E-state index contributed by atoms with van der Waals surface area (Å²) in [6.07, 6.45) is 0. The molecule has 0 saturated heterocycles. The molecule has 0 aromatic carbocycles. The first-order valence-corrected chi connectivity index (χ1v) is 4.40. The Labute approximate surface area is 84.3 Å². The number of carbonyl (C=O) groups excluding carboxylic acids is 1. The zero-order chi connectivity index (χ0) is 10.8. The third-order valence-electron chi connectivity index (χ3n) is 1.86. The lowest BCUT2D eigenvalue weighted by molar-refractivity contribution is 0.0521. The molecule has 0 bridgehead atoms. The molecule has 0 spiro atoms. The third kappa shape index (κ3) is 1.65. The maximum atomic E-state index is 12.7. The molecule has 0 fully saturated rings. The fraction of sp³-hybridized carbons (Fsp3) is 0.222. The zero-order valence-electron chi connectivity index (χ0n) is 7.95. The van der Waals surface area contributed by atoms with Crippen molar-refractivity contribution in [3.8, 4) is 0 Å². The molecule has 2 rings (SSSR count). The minimum Gasteiger partial charge on any atom is -0.461 e. The normalized spacial score (nSPS) is 10.5. The molecule has 0 saturated carbocycles. The van der Waals surface area contributed by atoms with Gasteiger partial charge in [0.25, 0.3) is 0 Å². The molecule has 0 atom stereocenters. The molecule has 0 radical (unpaired) electrons. The van der Waals surface area contributed by atoms with E-state index in [1.54, 1.807) is 6.92 Å². The summed E-state index contributed by atoms with van der Waals surface area (Å²) >= 11 is 0. The second-order valence-electron chi connectivity index (χ2n) is 2.82. The summed E-state index contributed by atoms with van der Waals surface area (Å²) in [5.74, 6) is -1.15. The molecule has 0 unspecified atom stereocenters. The SMILES string of the molecule is CCOC(=O)c1[nH]nc2nc(F)ccc12. The number of halogens is 1. The van der Waals surface area contributed by atoms with Crippen molar-refractivity contribution in [1.82, 2.24) is 15.2 Å². The lowest BCUT2D eigenvalue weighted by atomic mass is 10.2. The summed E-state index contributed by atoms with van der Waals surface area (Å²) in [6.45, 7) is 1.97. The quantitative estimate of drug-likeness (QED) is 0.597. The van der Waals surface area contributed by atoms with E-state index >= 15 is 0 Å². The Morgan fingerprint density at radius 3 is 3.13 bits per heavy atom. The predicted molar refractivity (Wildman–Crippen MR) is 49.8 cm³/mol. The molecule has 0 aliphatic carbocycles. The van der Waals surface area contributed by atoms with Gasteiger partial charge in [0.15, 0.2) is 11.3 Å². The maximum absolute atomic E-state index is 12.7. The Hall–Kier alpha value is -1.98. The number of esters is 1. The van der Waals surface area contributed by atoms with Crippen molar-refractivity contribution in [3.05, 3.63) is 23.8 Å². The van der Waals surface area contributed by atoms with E-state index in [1.807, 2.05) is 0 Å². The highest BCUT2D eigenvalue weighted by molar-refractivity contribution is 6.00. The molecule has 0 aliphatic rings. The average Bonchev–Trinajstić information content (AvgIpc) is 2.60. The minimum atomic E-state index is -0.635. The van der Waals surface area contributed by atoms with E-state index in [9.17, 15) is 9.18 Å². The summed E-state index contributed by atoms with van der Waals surface area (Å²) in [6, 6.07) is 2.61. The third-order valence-corrected chi connectivity index (χ3v) is 1.86. The van der Waals surface area contributed by atoms with Gasteiger partial charge in [-0.05, 0) is 19.1 Å². The molecule has 78 valence electrons. The van der Waals surface area contributed by atoms with Crippen LogP contribution < -0.4 is 0 Å². The molecular formula is C9H8FN3O2. The van der Waals surface area contributed by atoms with Gasteiger partial charge in [0.1, 0.15) is 0 Å². The summed E-state index contributed by atoms with van der Waals surface area (Å²) in [5.41, 5.74) is 0.359. The van der Waals surface area contributed by atoms with Crippen LogP contribution in [0.25, 0.3) is 11.0 Å². The zero-order valence-corrected chi connectivity index (χ0v) is 7.95. The van der Waals surface area contributed by atoms with Crippen molar-refractivity contribution < 1.29 is 13.9 Å². The Kier molecular flexibility index (Phi) is 2.32. The van der Waals surface area contributed by atoms with Crippen LogP contribution >= 0.6 is 0 Å². The van der Waals surface area contributed by atoms with Gasteiger partial charge in [0.05, 0.1) is 12.0 Å². The molecule has 2 aromatic heterocycles. The van der Waals surface area contributed by atoms with Crippen LogP contribution in [-0.2, 0) is 4.74 Å². The lowest BCUT2D eigenvalue weighted by Crippen LogP contribution is -2.05. The van der Waals surface area contributed by atoms with E-state index in [-0.39, 0.29) is 17.9 Å². The van der Waals surface area contributed by atoms with Gasteiger partial charge < -0.3 is 4.74 Å². The topological polar surface area (TPSA) is 67.9 Å². The molecule has 2 aromatic rings. The fourth-order valence-electron chi connectivity index (χ4n) is 1.23. The van der Waals surface area contributed by atoms with Gasteiger partial charge in [-0.1, -0.05) is 0 Å². The number of nitrogens with zero attached hydrogens (tertiary/aromatic N) is 2. The molecule has 5 nitrogen and oxygen atoms in total. The van der Waals surface area contributed by atoms with Crippen molar-refractivity contribution in [2.45, 2.75) is 6.92 Å². The Bertz CT molecular complexity index is 509. The smallest absolute Gasteiger partial charge is 0.357 e.